The Bertz CT molecular complexity index is 1760. The van der Waals surface area contributed by atoms with Gasteiger partial charge in [0.25, 0.3) is 0 Å². The highest BCUT2D eigenvalue weighted by Gasteiger charge is 2.38. The molecule has 2 heterocycles. The lowest BCUT2D eigenvalue weighted by atomic mass is 9.91. The molecule has 5 N–H and O–H groups in total. The number of hydrogen-bond acceptors (Lipinski definition) is 10. The zero-order valence-electron chi connectivity index (χ0n) is 33.6. The number of fused-ring (bicyclic) bond motifs is 1. The Balaban J connectivity index is 1.12. The molecular formula is C44H60N6O7. The van der Waals surface area contributed by atoms with E-state index in [-0.39, 0.29) is 25.0 Å². The van der Waals surface area contributed by atoms with Gasteiger partial charge in [-0.25, -0.2) is 4.79 Å². The van der Waals surface area contributed by atoms with Crippen molar-refractivity contribution in [3.05, 3.63) is 101 Å². The van der Waals surface area contributed by atoms with Gasteiger partial charge in [-0.05, 0) is 68.0 Å². The molecule has 1 aliphatic carbocycles. The van der Waals surface area contributed by atoms with Crippen LogP contribution >= 0.6 is 0 Å². The van der Waals surface area contributed by atoms with Crippen molar-refractivity contribution in [2.45, 2.75) is 76.4 Å². The second kappa shape index (κ2) is 19.8. The van der Waals surface area contributed by atoms with Crippen molar-refractivity contribution < 1.29 is 33.7 Å². The smallest absolute Gasteiger partial charge is 0.410 e. The van der Waals surface area contributed by atoms with E-state index in [2.05, 4.69) is 15.5 Å². The molecule has 3 aromatic carbocycles. The number of benzene rings is 3. The maximum Gasteiger partial charge on any atom is 0.410 e. The number of amides is 3. The van der Waals surface area contributed by atoms with Crippen LogP contribution in [-0.4, -0.2) is 127 Å². The van der Waals surface area contributed by atoms with Crippen LogP contribution in [0.4, 0.5) is 4.79 Å². The molecule has 0 unspecified atom stereocenters. The number of morpholine rings is 1. The van der Waals surface area contributed by atoms with Crippen LogP contribution in [0, 0.1) is 5.92 Å². The molecule has 2 aliphatic heterocycles. The van der Waals surface area contributed by atoms with Gasteiger partial charge in [0, 0.05) is 69.7 Å². The number of hydrogen-bond donors (Lipinski definition) is 4. The number of carbonyl (C=O) groups excluding carboxylic acids is 3. The number of piperazine rings is 1. The predicted molar refractivity (Wildman–Crippen MR) is 217 cm³/mol. The number of nitrogens with two attached hydrogens (primary N) is 1. The van der Waals surface area contributed by atoms with E-state index in [1.54, 1.807) is 4.90 Å². The van der Waals surface area contributed by atoms with Crippen molar-refractivity contribution >= 4 is 17.9 Å². The van der Waals surface area contributed by atoms with Crippen LogP contribution in [-0.2, 0) is 38.5 Å². The summed E-state index contributed by atoms with van der Waals surface area (Å²) in [6.07, 6.45) is 0.0282. The highest BCUT2D eigenvalue weighted by atomic mass is 16.6. The largest absolute Gasteiger partial charge is 0.492 e. The first-order valence-corrected chi connectivity index (χ1v) is 20.3. The maximum absolute atomic E-state index is 14.2. The van der Waals surface area contributed by atoms with Gasteiger partial charge in [0.1, 0.15) is 25.0 Å². The van der Waals surface area contributed by atoms with Crippen molar-refractivity contribution in [2.24, 2.45) is 11.7 Å². The highest BCUT2D eigenvalue weighted by molar-refractivity contribution is 5.83. The normalized spacial score (nSPS) is 21.3. The molecule has 308 valence electrons. The molecule has 0 bridgehead atoms. The van der Waals surface area contributed by atoms with Crippen LogP contribution in [0.15, 0.2) is 78.9 Å². The molecule has 0 radical (unpaired) electrons. The number of aliphatic hydroxyl groups is 1. The third-order valence-electron chi connectivity index (χ3n) is 10.9. The molecule has 2 fully saturated rings. The molecule has 13 heteroatoms. The Morgan fingerprint density at radius 1 is 0.930 bits per heavy atom. The van der Waals surface area contributed by atoms with Crippen LogP contribution in [0.5, 0.6) is 5.75 Å². The summed E-state index contributed by atoms with van der Waals surface area (Å²) >= 11 is 0. The second-order valence-electron chi connectivity index (χ2n) is 16.5. The number of rotatable bonds is 15. The number of ether oxygens (including phenoxy) is 3. The minimum absolute atomic E-state index is 0.140. The van der Waals surface area contributed by atoms with E-state index in [0.29, 0.717) is 45.5 Å². The van der Waals surface area contributed by atoms with E-state index in [4.69, 9.17) is 19.9 Å². The summed E-state index contributed by atoms with van der Waals surface area (Å²) in [6.45, 7) is 11.9. The average Bonchev–Trinajstić information content (AvgIpc) is 3.51. The fraction of sp³-hybridized carbons (Fsp3) is 0.523. The van der Waals surface area contributed by atoms with E-state index in [9.17, 15) is 19.5 Å². The van der Waals surface area contributed by atoms with E-state index in [1.807, 2.05) is 105 Å². The van der Waals surface area contributed by atoms with Crippen molar-refractivity contribution in [1.29, 1.82) is 0 Å². The molecule has 3 amide bonds. The first kappa shape index (κ1) is 42.1. The Labute approximate surface area is 336 Å². The van der Waals surface area contributed by atoms with Crippen LogP contribution in [0.2, 0.25) is 0 Å². The van der Waals surface area contributed by atoms with Gasteiger partial charge in [-0.2, -0.15) is 0 Å². The van der Waals surface area contributed by atoms with Crippen LogP contribution in [0.1, 0.15) is 55.5 Å². The molecule has 57 heavy (non-hydrogen) atoms. The predicted octanol–water partition coefficient (Wildman–Crippen LogP) is 3.29. The first-order chi connectivity index (χ1) is 27.4. The summed E-state index contributed by atoms with van der Waals surface area (Å²) in [4.78, 5) is 47.0. The van der Waals surface area contributed by atoms with Gasteiger partial charge in [0.2, 0.25) is 11.8 Å². The summed E-state index contributed by atoms with van der Waals surface area (Å²) in [5.41, 5.74) is 10.2. The molecule has 3 aromatic rings. The first-order valence-electron chi connectivity index (χ1n) is 20.3. The van der Waals surface area contributed by atoms with Crippen molar-refractivity contribution in [1.82, 2.24) is 25.3 Å². The summed E-state index contributed by atoms with van der Waals surface area (Å²) in [5.74, 6) is -0.155. The van der Waals surface area contributed by atoms with Gasteiger partial charge in [0.15, 0.2) is 0 Å². The van der Waals surface area contributed by atoms with Crippen LogP contribution in [0.3, 0.4) is 0 Å². The van der Waals surface area contributed by atoms with Crippen LogP contribution in [0.25, 0.3) is 0 Å². The lowest BCUT2D eigenvalue weighted by Crippen LogP contribution is -2.63. The fourth-order valence-corrected chi connectivity index (χ4v) is 7.88. The SMILES string of the molecule is CC(C)(C)NC(=O)[C@@H]1CN(C(=O)OCc2ccccc2)CCN1C[C@@H](N)C[C@H](Cc1ccc(OCCN2CCOCC2)cc1)C(=O)N[C@H]1c2ccccc2C[C@H]1O. The highest BCUT2D eigenvalue weighted by Crippen LogP contribution is 2.32. The standard InChI is InChI=1S/C44H60N6O7/c1-44(2,3)47-42(53)38-29-50(43(54)57-30-32-9-5-4-6-10-32)18-17-49(38)28-35(45)26-34(41(52)46-40-37-12-8-7-11-33(37)27-39(40)51)25-31-13-15-36(16-14-31)56-24-21-48-19-22-55-23-20-48/h4-16,34-35,38-40,51H,17-30,45H2,1-3H3,(H,46,52)(H,47,53)/t34-,35-,38-,39+,40-/m0/s1. The molecule has 6 rings (SSSR count). The van der Waals surface area contributed by atoms with Gasteiger partial charge in [0.05, 0.1) is 25.4 Å². The van der Waals surface area contributed by atoms with Gasteiger partial charge >= 0.3 is 6.09 Å². The van der Waals surface area contributed by atoms with Gasteiger partial charge in [-0.3, -0.25) is 19.4 Å². The van der Waals surface area contributed by atoms with E-state index >= 15 is 0 Å². The Morgan fingerprint density at radius 2 is 1.65 bits per heavy atom. The lowest BCUT2D eigenvalue weighted by molar-refractivity contribution is -0.130. The zero-order valence-corrected chi connectivity index (χ0v) is 33.6. The molecular weight excluding hydrogens is 725 g/mol. The van der Waals surface area contributed by atoms with Gasteiger partial charge in [-0.15, -0.1) is 0 Å². The van der Waals surface area contributed by atoms with Gasteiger partial charge in [-0.1, -0.05) is 66.7 Å². The summed E-state index contributed by atoms with van der Waals surface area (Å²) in [7, 11) is 0. The monoisotopic (exact) mass is 784 g/mol. The van der Waals surface area contributed by atoms with Gasteiger partial charge < -0.3 is 40.6 Å². The van der Waals surface area contributed by atoms with Crippen molar-refractivity contribution in [3.63, 3.8) is 0 Å². The molecule has 0 aromatic heterocycles. The molecule has 2 saturated heterocycles. The molecule has 0 saturated carbocycles. The molecule has 3 aliphatic rings. The Kier molecular flexibility index (Phi) is 14.6. The molecule has 13 nitrogen and oxygen atoms in total. The van der Waals surface area contributed by atoms with Crippen molar-refractivity contribution in [3.8, 4) is 5.75 Å². The summed E-state index contributed by atoms with van der Waals surface area (Å²) in [5, 5.41) is 17.2. The zero-order chi connectivity index (χ0) is 40.4. The third kappa shape index (κ3) is 12.2. The lowest BCUT2D eigenvalue weighted by Gasteiger charge is -2.42. The summed E-state index contributed by atoms with van der Waals surface area (Å²) in [6, 6.07) is 23.5. The fourth-order valence-electron chi connectivity index (χ4n) is 7.88. The Hall–Kier alpha value is -4.53. The third-order valence-corrected chi connectivity index (χ3v) is 10.9. The number of carbonyl (C=O) groups is 3. The summed E-state index contributed by atoms with van der Waals surface area (Å²) < 4.78 is 17.1. The number of nitrogens with zero attached hydrogens (tertiary/aromatic N) is 3. The maximum atomic E-state index is 14.2. The number of nitrogens with one attached hydrogen (secondary N) is 2. The topological polar surface area (TPSA) is 159 Å². The van der Waals surface area contributed by atoms with E-state index in [1.165, 1.54) is 0 Å². The average molecular weight is 785 g/mol. The van der Waals surface area contributed by atoms with Crippen LogP contribution < -0.4 is 21.1 Å². The van der Waals surface area contributed by atoms with E-state index < -0.39 is 41.8 Å². The molecule has 5 atom stereocenters. The van der Waals surface area contributed by atoms with Crippen molar-refractivity contribution in [2.75, 3.05) is 65.6 Å². The Morgan fingerprint density at radius 3 is 2.39 bits per heavy atom. The number of aliphatic hydroxyl groups excluding tert-OH is 1. The molecule has 0 spiro atoms. The minimum atomic E-state index is -0.729. The quantitative estimate of drug-likeness (QED) is 0.180. The minimum Gasteiger partial charge on any atom is -0.492 e. The second-order valence-corrected chi connectivity index (χ2v) is 16.5. The van der Waals surface area contributed by atoms with E-state index in [0.717, 1.165) is 60.9 Å².